The highest BCUT2D eigenvalue weighted by Gasteiger charge is 2.42. The molecule has 1 amide bonds. The lowest BCUT2D eigenvalue weighted by Gasteiger charge is -2.38. The van der Waals surface area contributed by atoms with Crippen molar-refractivity contribution < 1.29 is 14.3 Å². The summed E-state index contributed by atoms with van der Waals surface area (Å²) in [5.74, 6) is 1.32. The van der Waals surface area contributed by atoms with E-state index in [0.29, 0.717) is 29.3 Å². The summed E-state index contributed by atoms with van der Waals surface area (Å²) < 4.78 is 10.8. The molecule has 2 aliphatic heterocycles. The molecule has 5 heteroatoms. The molecule has 0 saturated carbocycles. The van der Waals surface area contributed by atoms with Gasteiger partial charge in [0.25, 0.3) is 0 Å². The van der Waals surface area contributed by atoms with E-state index in [0.717, 1.165) is 19.4 Å². The molecule has 148 valence electrons. The number of hydrogen-bond donors (Lipinski definition) is 1. The first-order valence-corrected chi connectivity index (χ1v) is 10.0. The van der Waals surface area contributed by atoms with Gasteiger partial charge in [-0.15, -0.1) is 0 Å². The van der Waals surface area contributed by atoms with E-state index < -0.39 is 0 Å². The number of benzene rings is 2. The van der Waals surface area contributed by atoms with E-state index in [1.165, 1.54) is 18.4 Å². The highest BCUT2D eigenvalue weighted by Crippen LogP contribution is 2.41. The molecule has 0 aliphatic carbocycles. The molecule has 2 aromatic rings. The van der Waals surface area contributed by atoms with Gasteiger partial charge < -0.3 is 14.8 Å². The quantitative estimate of drug-likeness (QED) is 0.820. The van der Waals surface area contributed by atoms with Crippen molar-refractivity contribution in [3.63, 3.8) is 0 Å². The van der Waals surface area contributed by atoms with Crippen molar-refractivity contribution in [3.8, 4) is 11.5 Å². The molecular weight excluding hydrogens is 352 g/mol. The van der Waals surface area contributed by atoms with Crippen molar-refractivity contribution >= 4 is 11.6 Å². The molecule has 4 rings (SSSR count). The predicted octanol–water partition coefficient (Wildman–Crippen LogP) is 4.09. The molecule has 5 nitrogen and oxygen atoms in total. The second-order valence-corrected chi connectivity index (χ2v) is 7.74. The Morgan fingerprint density at radius 1 is 1.00 bits per heavy atom. The molecule has 2 bridgehead atoms. The largest absolute Gasteiger partial charge is 0.493 e. The Bertz CT molecular complexity index is 810. The summed E-state index contributed by atoms with van der Waals surface area (Å²) in [6.07, 6.45) is 4.20. The maximum Gasteiger partial charge on any atom is 0.227 e. The van der Waals surface area contributed by atoms with Crippen LogP contribution in [0.15, 0.2) is 48.5 Å². The van der Waals surface area contributed by atoms with Crippen molar-refractivity contribution in [1.29, 1.82) is 0 Å². The van der Waals surface area contributed by atoms with Gasteiger partial charge in [0.15, 0.2) is 11.5 Å². The molecule has 2 aliphatic rings. The lowest BCUT2D eigenvalue weighted by Crippen LogP contribution is -2.45. The Morgan fingerprint density at radius 2 is 1.71 bits per heavy atom. The van der Waals surface area contributed by atoms with E-state index in [-0.39, 0.29) is 11.8 Å². The van der Waals surface area contributed by atoms with Gasteiger partial charge in [0.1, 0.15) is 0 Å². The number of carbonyl (C=O) groups excluding carboxylic acids is 1. The summed E-state index contributed by atoms with van der Waals surface area (Å²) in [6.45, 7) is 0.980. The minimum absolute atomic E-state index is 0.0421. The summed E-state index contributed by atoms with van der Waals surface area (Å²) in [6, 6.07) is 17.2. The zero-order valence-electron chi connectivity index (χ0n) is 16.6. The number of nitrogens with zero attached hydrogens (tertiary/aromatic N) is 1. The number of carbonyl (C=O) groups is 1. The Labute approximate surface area is 166 Å². The average molecular weight is 380 g/mol. The van der Waals surface area contributed by atoms with Crippen LogP contribution in [0.2, 0.25) is 0 Å². The van der Waals surface area contributed by atoms with Crippen molar-refractivity contribution in [1.82, 2.24) is 4.90 Å². The molecule has 2 fully saturated rings. The molecule has 0 spiro atoms. The fourth-order valence-corrected chi connectivity index (χ4v) is 4.76. The van der Waals surface area contributed by atoms with E-state index in [2.05, 4.69) is 40.5 Å². The van der Waals surface area contributed by atoms with Crippen LogP contribution in [0.3, 0.4) is 0 Å². The average Bonchev–Trinajstić information content (AvgIpc) is 2.95. The molecule has 1 unspecified atom stereocenters. The van der Waals surface area contributed by atoms with E-state index in [1.54, 1.807) is 14.2 Å². The van der Waals surface area contributed by atoms with Gasteiger partial charge in [-0.25, -0.2) is 0 Å². The van der Waals surface area contributed by atoms with E-state index in [1.807, 2.05) is 18.2 Å². The van der Waals surface area contributed by atoms with E-state index in [4.69, 9.17) is 9.47 Å². The van der Waals surface area contributed by atoms with Crippen LogP contribution in [0, 0.1) is 5.92 Å². The second kappa shape index (κ2) is 8.23. The molecule has 1 N–H and O–H groups in total. The summed E-state index contributed by atoms with van der Waals surface area (Å²) in [4.78, 5) is 15.6. The number of hydrogen-bond acceptors (Lipinski definition) is 4. The van der Waals surface area contributed by atoms with Gasteiger partial charge in [0.2, 0.25) is 5.91 Å². The number of fused-ring (bicyclic) bond motifs is 2. The van der Waals surface area contributed by atoms with Gasteiger partial charge in [-0.1, -0.05) is 36.4 Å². The molecular formula is C23H28N2O3. The Kier molecular flexibility index (Phi) is 5.53. The summed E-state index contributed by atoms with van der Waals surface area (Å²) in [7, 11) is 3.19. The number of ether oxygens (including phenoxy) is 2. The van der Waals surface area contributed by atoms with E-state index >= 15 is 0 Å². The van der Waals surface area contributed by atoms with Crippen LogP contribution >= 0.6 is 0 Å². The second-order valence-electron chi connectivity index (χ2n) is 7.74. The molecule has 2 heterocycles. The van der Waals surface area contributed by atoms with Crippen molar-refractivity contribution in [2.45, 2.75) is 44.3 Å². The maximum absolute atomic E-state index is 13.0. The monoisotopic (exact) mass is 380 g/mol. The van der Waals surface area contributed by atoms with Gasteiger partial charge in [0, 0.05) is 24.5 Å². The van der Waals surface area contributed by atoms with Gasteiger partial charge >= 0.3 is 0 Å². The van der Waals surface area contributed by atoms with Crippen molar-refractivity contribution in [2.75, 3.05) is 19.5 Å². The lowest BCUT2D eigenvalue weighted by molar-refractivity contribution is -0.122. The Morgan fingerprint density at radius 3 is 2.36 bits per heavy atom. The third-order valence-corrected chi connectivity index (χ3v) is 6.12. The Hall–Kier alpha value is -2.53. The number of para-hydroxylation sites is 1. The first kappa shape index (κ1) is 18.8. The van der Waals surface area contributed by atoms with Gasteiger partial charge in [-0.2, -0.15) is 0 Å². The minimum Gasteiger partial charge on any atom is -0.493 e. The normalized spacial score (nSPS) is 24.0. The number of anilines is 1. The topological polar surface area (TPSA) is 50.8 Å². The highest BCUT2D eigenvalue weighted by atomic mass is 16.5. The van der Waals surface area contributed by atoms with Crippen LogP contribution in [0.4, 0.5) is 5.69 Å². The molecule has 28 heavy (non-hydrogen) atoms. The maximum atomic E-state index is 13.0. The van der Waals surface area contributed by atoms with Crippen LogP contribution in [-0.2, 0) is 11.3 Å². The zero-order chi connectivity index (χ0) is 19.5. The lowest BCUT2D eigenvalue weighted by atomic mass is 9.89. The number of rotatable bonds is 6. The number of amides is 1. The first-order valence-electron chi connectivity index (χ1n) is 10.0. The smallest absolute Gasteiger partial charge is 0.227 e. The standard InChI is InChI=1S/C23H28N2O3/c1-27-21-10-6-9-20(22(21)28-2)24-23(26)17-13-18-11-12-19(14-17)25(18)15-16-7-4-3-5-8-16/h3-10,17-19H,11-15H2,1-2H3,(H,24,26)/t17?,18-,19+. The minimum atomic E-state index is 0.0421. The number of piperidine rings is 1. The van der Waals surface area contributed by atoms with Crippen LogP contribution in [0.1, 0.15) is 31.2 Å². The van der Waals surface area contributed by atoms with Crippen LogP contribution in [0.5, 0.6) is 11.5 Å². The summed E-state index contributed by atoms with van der Waals surface area (Å²) in [5.41, 5.74) is 2.02. The fourth-order valence-electron chi connectivity index (χ4n) is 4.76. The first-order chi connectivity index (χ1) is 13.7. The SMILES string of the molecule is COc1cccc(NC(=O)C2C[C@H]3CC[C@@H](C2)N3Cc2ccccc2)c1OC. The van der Waals surface area contributed by atoms with Crippen molar-refractivity contribution in [3.05, 3.63) is 54.1 Å². The van der Waals surface area contributed by atoms with Gasteiger partial charge in [0.05, 0.1) is 19.9 Å². The number of nitrogens with one attached hydrogen (secondary N) is 1. The summed E-state index contributed by atoms with van der Waals surface area (Å²) in [5, 5.41) is 3.08. The number of methoxy groups -OCH3 is 2. The van der Waals surface area contributed by atoms with Crippen molar-refractivity contribution in [2.24, 2.45) is 5.92 Å². The van der Waals surface area contributed by atoms with Gasteiger partial charge in [-0.05, 0) is 43.4 Å². The molecule has 0 radical (unpaired) electrons. The summed E-state index contributed by atoms with van der Waals surface area (Å²) >= 11 is 0. The zero-order valence-corrected chi connectivity index (χ0v) is 16.6. The fraction of sp³-hybridized carbons (Fsp3) is 0.435. The molecule has 3 atom stereocenters. The van der Waals surface area contributed by atoms with E-state index in [9.17, 15) is 4.79 Å². The molecule has 2 saturated heterocycles. The molecule has 0 aromatic heterocycles. The van der Waals surface area contributed by atoms with Crippen LogP contribution in [0.25, 0.3) is 0 Å². The van der Waals surface area contributed by atoms with Crippen LogP contribution < -0.4 is 14.8 Å². The third-order valence-electron chi connectivity index (χ3n) is 6.12. The predicted molar refractivity (Wildman–Crippen MR) is 110 cm³/mol. The van der Waals surface area contributed by atoms with Gasteiger partial charge in [-0.3, -0.25) is 9.69 Å². The molecule has 2 aromatic carbocycles. The highest BCUT2D eigenvalue weighted by molar-refractivity contribution is 5.94. The Balaban J connectivity index is 1.43. The van der Waals surface area contributed by atoms with Crippen LogP contribution in [-0.4, -0.2) is 37.1 Å². The third kappa shape index (κ3) is 3.72.